The molecule has 8 heteroatoms. The number of sulfonamides is 1. The van der Waals surface area contributed by atoms with Gasteiger partial charge in [-0.05, 0) is 30.7 Å². The number of carbonyl (C=O) groups excluding carboxylic acids is 1. The van der Waals surface area contributed by atoms with Crippen LogP contribution in [0.1, 0.15) is 5.56 Å². The summed E-state index contributed by atoms with van der Waals surface area (Å²) in [5.74, 6) is -0.420. The topological polar surface area (TPSA) is 84.5 Å². The third kappa shape index (κ3) is 5.09. The molecule has 1 aromatic rings. The second-order valence-electron chi connectivity index (χ2n) is 4.08. The fourth-order valence-electron chi connectivity index (χ4n) is 1.38. The van der Waals surface area contributed by atoms with Crippen molar-refractivity contribution in [2.45, 2.75) is 11.8 Å². The van der Waals surface area contributed by atoms with Crippen molar-refractivity contribution in [1.82, 2.24) is 10.0 Å². The van der Waals surface area contributed by atoms with Gasteiger partial charge in [0.15, 0.2) is 0 Å². The Balaban J connectivity index is 2.61. The van der Waals surface area contributed by atoms with Crippen LogP contribution in [0.2, 0.25) is 5.02 Å². The minimum absolute atomic E-state index is 0.0732. The summed E-state index contributed by atoms with van der Waals surface area (Å²) in [7, 11) is -2.21. The molecule has 2 N–H and O–H groups in total. The van der Waals surface area contributed by atoms with E-state index in [1.165, 1.54) is 25.3 Å². The summed E-state index contributed by atoms with van der Waals surface area (Å²) in [6.45, 7) is 2.08. The molecule has 20 heavy (non-hydrogen) atoms. The lowest BCUT2D eigenvalue weighted by molar-refractivity contribution is -0.120. The Morgan fingerprint density at radius 1 is 1.40 bits per heavy atom. The molecule has 6 nitrogen and oxygen atoms in total. The van der Waals surface area contributed by atoms with E-state index in [-0.39, 0.29) is 11.4 Å². The molecule has 1 rings (SSSR count). The van der Waals surface area contributed by atoms with E-state index in [0.717, 1.165) is 0 Å². The lowest BCUT2D eigenvalue weighted by atomic mass is 10.2. The summed E-state index contributed by atoms with van der Waals surface area (Å²) in [5, 5.41) is 3.00. The first kappa shape index (κ1) is 16.9. The number of ether oxygens (including phenoxy) is 1. The predicted octanol–water partition coefficient (Wildman–Crippen LogP) is 0.689. The van der Waals surface area contributed by atoms with Gasteiger partial charge in [-0.25, -0.2) is 13.1 Å². The third-order valence-corrected chi connectivity index (χ3v) is 4.31. The standard InChI is InChI=1S/C12H17ClN2O4S/c1-9-7-10(3-4-11(9)13)20(17,18)15-8-12(16)14-5-6-19-2/h3-4,7,15H,5-6,8H2,1-2H3,(H,14,16). The van der Waals surface area contributed by atoms with Gasteiger partial charge in [0, 0.05) is 18.7 Å². The number of benzene rings is 1. The van der Waals surface area contributed by atoms with Crippen molar-refractivity contribution in [3.05, 3.63) is 28.8 Å². The highest BCUT2D eigenvalue weighted by Crippen LogP contribution is 2.19. The van der Waals surface area contributed by atoms with Crippen LogP contribution in [-0.2, 0) is 19.6 Å². The molecule has 1 aromatic carbocycles. The summed E-state index contributed by atoms with van der Waals surface area (Å²) >= 11 is 5.84. The second-order valence-corrected chi connectivity index (χ2v) is 6.25. The maximum atomic E-state index is 12.0. The Kier molecular flexibility index (Phi) is 6.41. The molecule has 0 aliphatic rings. The highest BCUT2D eigenvalue weighted by Gasteiger charge is 2.16. The molecule has 0 unspecified atom stereocenters. The Morgan fingerprint density at radius 2 is 2.10 bits per heavy atom. The fourth-order valence-corrected chi connectivity index (χ4v) is 2.57. The molecule has 0 fully saturated rings. The Morgan fingerprint density at radius 3 is 2.70 bits per heavy atom. The first-order chi connectivity index (χ1) is 9.36. The molecule has 0 saturated heterocycles. The minimum atomic E-state index is -3.73. The molecular weight excluding hydrogens is 304 g/mol. The number of halogens is 1. The van der Waals surface area contributed by atoms with Gasteiger partial charge < -0.3 is 10.1 Å². The van der Waals surface area contributed by atoms with E-state index < -0.39 is 15.9 Å². The number of amides is 1. The van der Waals surface area contributed by atoms with Gasteiger partial charge in [-0.3, -0.25) is 4.79 Å². The van der Waals surface area contributed by atoms with Gasteiger partial charge in [-0.1, -0.05) is 11.6 Å². The van der Waals surface area contributed by atoms with Crippen molar-refractivity contribution >= 4 is 27.5 Å². The van der Waals surface area contributed by atoms with Gasteiger partial charge in [0.25, 0.3) is 0 Å². The van der Waals surface area contributed by atoms with Crippen molar-refractivity contribution < 1.29 is 17.9 Å². The molecule has 0 radical (unpaired) electrons. The monoisotopic (exact) mass is 320 g/mol. The number of hydrogen-bond donors (Lipinski definition) is 2. The summed E-state index contributed by atoms with van der Waals surface area (Å²) in [6, 6.07) is 4.35. The Bertz CT molecular complexity index is 575. The van der Waals surface area contributed by atoms with E-state index in [4.69, 9.17) is 16.3 Å². The Hall–Kier alpha value is -1.15. The van der Waals surface area contributed by atoms with Gasteiger partial charge in [0.1, 0.15) is 0 Å². The van der Waals surface area contributed by atoms with Crippen molar-refractivity contribution in [1.29, 1.82) is 0 Å². The molecule has 0 atom stereocenters. The minimum Gasteiger partial charge on any atom is -0.383 e. The Labute approximate surface area is 123 Å². The maximum Gasteiger partial charge on any atom is 0.241 e. The molecule has 0 heterocycles. The van der Waals surface area contributed by atoms with Crippen LogP contribution in [0.4, 0.5) is 0 Å². The van der Waals surface area contributed by atoms with Crippen LogP contribution in [0, 0.1) is 6.92 Å². The van der Waals surface area contributed by atoms with Crippen LogP contribution < -0.4 is 10.0 Å². The molecular formula is C12H17ClN2O4S. The van der Waals surface area contributed by atoms with Gasteiger partial charge in [0.2, 0.25) is 15.9 Å². The van der Waals surface area contributed by atoms with Gasteiger partial charge in [-0.15, -0.1) is 0 Å². The predicted molar refractivity (Wildman–Crippen MR) is 76.3 cm³/mol. The largest absolute Gasteiger partial charge is 0.383 e. The average Bonchev–Trinajstić information content (AvgIpc) is 2.40. The van der Waals surface area contributed by atoms with E-state index >= 15 is 0 Å². The summed E-state index contributed by atoms with van der Waals surface area (Å²) < 4.78 is 30.9. The van der Waals surface area contributed by atoms with Crippen molar-refractivity contribution in [2.24, 2.45) is 0 Å². The van der Waals surface area contributed by atoms with E-state index in [2.05, 4.69) is 10.0 Å². The number of methoxy groups -OCH3 is 1. The quantitative estimate of drug-likeness (QED) is 0.724. The van der Waals surface area contributed by atoms with Gasteiger partial charge in [-0.2, -0.15) is 0 Å². The van der Waals surface area contributed by atoms with E-state index in [1.807, 2.05) is 0 Å². The molecule has 0 aliphatic carbocycles. The summed E-state index contributed by atoms with van der Waals surface area (Å²) in [5.41, 5.74) is 0.652. The third-order valence-electron chi connectivity index (χ3n) is 2.49. The summed E-state index contributed by atoms with van der Waals surface area (Å²) in [6.07, 6.45) is 0. The van der Waals surface area contributed by atoms with Crippen LogP contribution in [0.5, 0.6) is 0 Å². The highest BCUT2D eigenvalue weighted by atomic mass is 35.5. The number of rotatable bonds is 7. The average molecular weight is 321 g/mol. The van der Waals surface area contributed by atoms with Crippen molar-refractivity contribution in [3.63, 3.8) is 0 Å². The zero-order valence-electron chi connectivity index (χ0n) is 11.3. The number of hydrogen-bond acceptors (Lipinski definition) is 4. The highest BCUT2D eigenvalue weighted by molar-refractivity contribution is 7.89. The molecule has 0 aliphatic heterocycles. The molecule has 0 bridgehead atoms. The van der Waals surface area contributed by atoms with Crippen LogP contribution in [-0.4, -0.2) is 41.1 Å². The summed E-state index contributed by atoms with van der Waals surface area (Å²) in [4.78, 5) is 11.5. The number of nitrogens with one attached hydrogen (secondary N) is 2. The SMILES string of the molecule is COCCNC(=O)CNS(=O)(=O)c1ccc(Cl)c(C)c1. The zero-order valence-corrected chi connectivity index (χ0v) is 12.8. The van der Waals surface area contributed by atoms with E-state index in [0.29, 0.717) is 23.7 Å². The van der Waals surface area contributed by atoms with Crippen LogP contribution in [0.25, 0.3) is 0 Å². The van der Waals surface area contributed by atoms with E-state index in [9.17, 15) is 13.2 Å². The lowest BCUT2D eigenvalue weighted by Gasteiger charge is -2.08. The van der Waals surface area contributed by atoms with Crippen LogP contribution in [0.15, 0.2) is 23.1 Å². The van der Waals surface area contributed by atoms with E-state index in [1.54, 1.807) is 6.92 Å². The number of carbonyl (C=O) groups is 1. The van der Waals surface area contributed by atoms with Crippen LogP contribution >= 0.6 is 11.6 Å². The van der Waals surface area contributed by atoms with Crippen LogP contribution in [0.3, 0.4) is 0 Å². The first-order valence-corrected chi connectivity index (χ1v) is 7.74. The zero-order chi connectivity index (χ0) is 15.2. The fraction of sp³-hybridized carbons (Fsp3) is 0.417. The smallest absolute Gasteiger partial charge is 0.241 e. The molecule has 0 saturated carbocycles. The van der Waals surface area contributed by atoms with Crippen molar-refractivity contribution in [3.8, 4) is 0 Å². The maximum absolute atomic E-state index is 12.0. The normalized spacial score (nSPS) is 11.3. The molecule has 0 spiro atoms. The second kappa shape index (κ2) is 7.58. The first-order valence-electron chi connectivity index (χ1n) is 5.88. The lowest BCUT2D eigenvalue weighted by Crippen LogP contribution is -2.38. The van der Waals surface area contributed by atoms with Crippen molar-refractivity contribution in [2.75, 3.05) is 26.8 Å². The number of aryl methyl sites for hydroxylation is 1. The van der Waals surface area contributed by atoms with Gasteiger partial charge >= 0.3 is 0 Å². The van der Waals surface area contributed by atoms with Gasteiger partial charge in [0.05, 0.1) is 18.0 Å². The molecule has 0 aromatic heterocycles. The molecule has 112 valence electrons. The molecule has 1 amide bonds.